The molecule has 0 bridgehead atoms. The van der Waals surface area contributed by atoms with E-state index in [1.54, 1.807) is 43.4 Å². The summed E-state index contributed by atoms with van der Waals surface area (Å²) >= 11 is 0. The first-order valence-electron chi connectivity index (χ1n) is 6.76. The predicted octanol–water partition coefficient (Wildman–Crippen LogP) is 3.08. The summed E-state index contributed by atoms with van der Waals surface area (Å²) in [5.74, 6) is -0.706. The van der Waals surface area contributed by atoms with E-state index in [4.69, 9.17) is 0 Å². The van der Waals surface area contributed by atoms with Crippen LogP contribution in [0.15, 0.2) is 54.6 Å². The van der Waals surface area contributed by atoms with Gasteiger partial charge in [0, 0.05) is 7.05 Å². The molecule has 1 amide bonds. The molecule has 0 heterocycles. The molecule has 2 aromatic rings. The normalized spacial score (nSPS) is 13.5. The van der Waals surface area contributed by atoms with E-state index in [0.717, 1.165) is 5.56 Å². The minimum absolute atomic E-state index is 0.253. The van der Waals surface area contributed by atoms with Gasteiger partial charge in [-0.25, -0.2) is 4.39 Å². The highest BCUT2D eigenvalue weighted by atomic mass is 19.1. The number of likely N-dealkylation sites (N-methyl/N-ethyl adjacent to an activating group) is 1. The van der Waals surface area contributed by atoms with E-state index < -0.39 is 12.0 Å². The first-order chi connectivity index (χ1) is 10.0. The second-order valence-corrected chi connectivity index (χ2v) is 4.99. The molecule has 2 atom stereocenters. The Balaban J connectivity index is 2.13. The maximum absolute atomic E-state index is 12.9. The molecule has 0 aromatic heterocycles. The molecule has 2 rings (SSSR count). The molecule has 0 saturated heterocycles. The molecule has 0 aliphatic heterocycles. The Morgan fingerprint density at radius 2 is 1.62 bits per heavy atom. The van der Waals surface area contributed by atoms with Gasteiger partial charge in [-0.1, -0.05) is 42.5 Å². The summed E-state index contributed by atoms with van der Waals surface area (Å²) in [6.07, 6.45) is -1.20. The Bertz CT molecular complexity index is 598. The van der Waals surface area contributed by atoms with Crippen molar-refractivity contribution in [2.75, 3.05) is 7.05 Å². The van der Waals surface area contributed by atoms with Crippen LogP contribution in [0.4, 0.5) is 4.39 Å². The van der Waals surface area contributed by atoms with Crippen molar-refractivity contribution < 1.29 is 14.3 Å². The van der Waals surface area contributed by atoms with Crippen molar-refractivity contribution in [1.29, 1.82) is 0 Å². The molecule has 0 saturated carbocycles. The van der Waals surface area contributed by atoms with Gasteiger partial charge >= 0.3 is 0 Å². The second kappa shape index (κ2) is 6.50. The van der Waals surface area contributed by atoms with Crippen LogP contribution in [-0.4, -0.2) is 23.0 Å². The van der Waals surface area contributed by atoms with Crippen LogP contribution in [-0.2, 0) is 4.79 Å². The van der Waals surface area contributed by atoms with E-state index in [2.05, 4.69) is 0 Å². The van der Waals surface area contributed by atoms with E-state index in [-0.39, 0.29) is 11.9 Å². The fourth-order valence-corrected chi connectivity index (χ4v) is 2.13. The summed E-state index contributed by atoms with van der Waals surface area (Å²) < 4.78 is 12.9. The molecule has 0 spiro atoms. The molecule has 2 aromatic carbocycles. The fourth-order valence-electron chi connectivity index (χ4n) is 2.13. The maximum Gasteiger partial charge on any atom is 0.256 e. The number of amides is 1. The van der Waals surface area contributed by atoms with Gasteiger partial charge in [0.2, 0.25) is 0 Å². The number of aliphatic hydroxyl groups is 1. The topological polar surface area (TPSA) is 40.5 Å². The Morgan fingerprint density at radius 1 is 1.05 bits per heavy atom. The maximum atomic E-state index is 12.9. The summed E-state index contributed by atoms with van der Waals surface area (Å²) in [7, 11) is 1.63. The minimum Gasteiger partial charge on any atom is -0.378 e. The number of carbonyl (C=O) groups excluding carboxylic acids is 1. The lowest BCUT2D eigenvalue weighted by molar-refractivity contribution is -0.141. The Labute approximate surface area is 123 Å². The van der Waals surface area contributed by atoms with Gasteiger partial charge < -0.3 is 10.0 Å². The van der Waals surface area contributed by atoms with Gasteiger partial charge in [-0.15, -0.1) is 0 Å². The van der Waals surface area contributed by atoms with Crippen molar-refractivity contribution in [3.05, 3.63) is 71.5 Å². The highest BCUT2D eigenvalue weighted by Crippen LogP contribution is 2.23. The van der Waals surface area contributed by atoms with Crippen molar-refractivity contribution in [2.24, 2.45) is 0 Å². The van der Waals surface area contributed by atoms with Gasteiger partial charge in [-0.3, -0.25) is 4.79 Å². The van der Waals surface area contributed by atoms with Gasteiger partial charge in [0.05, 0.1) is 6.04 Å². The van der Waals surface area contributed by atoms with Crippen LogP contribution in [0.25, 0.3) is 0 Å². The molecule has 0 fully saturated rings. The van der Waals surface area contributed by atoms with Crippen LogP contribution < -0.4 is 0 Å². The number of aliphatic hydroxyl groups excluding tert-OH is 1. The molecular formula is C17H18FNO2. The molecule has 1 N–H and O–H groups in total. The monoisotopic (exact) mass is 287 g/mol. The van der Waals surface area contributed by atoms with Crippen LogP contribution >= 0.6 is 0 Å². The Kier molecular flexibility index (Phi) is 4.70. The van der Waals surface area contributed by atoms with Crippen molar-refractivity contribution in [2.45, 2.75) is 19.1 Å². The lowest BCUT2D eigenvalue weighted by Gasteiger charge is -2.27. The number of carbonyl (C=O) groups is 1. The molecular weight excluding hydrogens is 269 g/mol. The van der Waals surface area contributed by atoms with E-state index in [9.17, 15) is 14.3 Å². The third-order valence-electron chi connectivity index (χ3n) is 3.63. The second-order valence-electron chi connectivity index (χ2n) is 4.99. The third-order valence-corrected chi connectivity index (χ3v) is 3.63. The first kappa shape index (κ1) is 15.2. The zero-order valence-corrected chi connectivity index (χ0v) is 12.0. The fraction of sp³-hybridized carbons (Fsp3) is 0.235. The average Bonchev–Trinajstić information content (AvgIpc) is 2.53. The van der Waals surface area contributed by atoms with Crippen molar-refractivity contribution in [3.63, 3.8) is 0 Å². The smallest absolute Gasteiger partial charge is 0.256 e. The summed E-state index contributed by atoms with van der Waals surface area (Å²) in [6, 6.07) is 14.5. The van der Waals surface area contributed by atoms with Crippen LogP contribution in [0, 0.1) is 5.82 Å². The van der Waals surface area contributed by atoms with Crippen molar-refractivity contribution in [3.8, 4) is 0 Å². The molecule has 0 aliphatic rings. The van der Waals surface area contributed by atoms with Gasteiger partial charge in [-0.2, -0.15) is 0 Å². The molecule has 4 heteroatoms. The number of halogens is 1. The number of rotatable bonds is 4. The lowest BCUT2D eigenvalue weighted by atomic mass is 10.0. The summed E-state index contributed by atoms with van der Waals surface area (Å²) in [4.78, 5) is 13.8. The zero-order chi connectivity index (χ0) is 15.4. The summed E-state index contributed by atoms with van der Waals surface area (Å²) in [6.45, 7) is 1.84. The van der Waals surface area contributed by atoms with Gasteiger partial charge in [-0.05, 0) is 30.2 Å². The quantitative estimate of drug-likeness (QED) is 0.938. The number of hydrogen-bond donors (Lipinski definition) is 1. The summed E-state index contributed by atoms with van der Waals surface area (Å²) in [5, 5.41) is 10.1. The van der Waals surface area contributed by atoms with Crippen molar-refractivity contribution >= 4 is 5.91 Å². The minimum atomic E-state index is -1.20. The Morgan fingerprint density at radius 3 is 2.19 bits per heavy atom. The van der Waals surface area contributed by atoms with Gasteiger partial charge in [0.25, 0.3) is 5.91 Å². The lowest BCUT2D eigenvalue weighted by Crippen LogP contribution is -2.33. The third kappa shape index (κ3) is 3.47. The number of hydrogen-bond acceptors (Lipinski definition) is 2. The first-order valence-corrected chi connectivity index (χ1v) is 6.76. The molecule has 0 aliphatic carbocycles. The Hall–Kier alpha value is -2.20. The molecule has 21 heavy (non-hydrogen) atoms. The standard InChI is InChI=1S/C17H18FNO2/c1-12(13-8-10-15(18)11-9-13)19(2)17(21)16(20)14-6-4-3-5-7-14/h3-12,16,20H,1-2H3. The molecule has 2 unspecified atom stereocenters. The van der Waals surface area contributed by atoms with Crippen LogP contribution in [0.2, 0.25) is 0 Å². The van der Waals surface area contributed by atoms with Gasteiger partial charge in [0.15, 0.2) is 6.10 Å². The highest BCUT2D eigenvalue weighted by Gasteiger charge is 2.25. The average molecular weight is 287 g/mol. The number of benzene rings is 2. The molecule has 3 nitrogen and oxygen atoms in total. The SMILES string of the molecule is CC(c1ccc(F)cc1)N(C)C(=O)C(O)c1ccccc1. The predicted molar refractivity (Wildman–Crippen MR) is 79.0 cm³/mol. The molecule has 0 radical (unpaired) electrons. The highest BCUT2D eigenvalue weighted by molar-refractivity contribution is 5.82. The number of nitrogens with zero attached hydrogens (tertiary/aromatic N) is 1. The van der Waals surface area contributed by atoms with Crippen LogP contribution in [0.5, 0.6) is 0 Å². The van der Waals surface area contributed by atoms with E-state index in [0.29, 0.717) is 5.56 Å². The zero-order valence-electron chi connectivity index (χ0n) is 12.0. The molecule has 110 valence electrons. The van der Waals surface area contributed by atoms with Crippen LogP contribution in [0.3, 0.4) is 0 Å². The van der Waals surface area contributed by atoms with Crippen LogP contribution in [0.1, 0.15) is 30.2 Å². The van der Waals surface area contributed by atoms with Crippen molar-refractivity contribution in [1.82, 2.24) is 4.90 Å². The van der Waals surface area contributed by atoms with E-state index in [1.165, 1.54) is 17.0 Å². The van der Waals surface area contributed by atoms with E-state index >= 15 is 0 Å². The largest absolute Gasteiger partial charge is 0.378 e. The summed E-state index contributed by atoms with van der Waals surface area (Å²) in [5.41, 5.74) is 1.37. The van der Waals surface area contributed by atoms with E-state index in [1.807, 2.05) is 13.0 Å². The van der Waals surface area contributed by atoms with Gasteiger partial charge in [0.1, 0.15) is 5.82 Å².